The Kier molecular flexibility index (Phi) is 3.32. The van der Waals surface area contributed by atoms with Gasteiger partial charge in [0.2, 0.25) is 5.91 Å². The van der Waals surface area contributed by atoms with E-state index >= 15 is 0 Å². The Labute approximate surface area is 66.1 Å². The molecule has 1 heterocycles. The van der Waals surface area contributed by atoms with Crippen LogP contribution in [0.25, 0.3) is 0 Å². The van der Waals surface area contributed by atoms with E-state index in [4.69, 9.17) is 10.5 Å². The van der Waals surface area contributed by atoms with Gasteiger partial charge in [-0.25, -0.2) is 0 Å². The lowest BCUT2D eigenvalue weighted by atomic mass is 10.1. The summed E-state index contributed by atoms with van der Waals surface area (Å²) in [6.07, 6.45) is 1.23. The second-order valence-electron chi connectivity index (χ2n) is 2.73. The first-order valence-electron chi connectivity index (χ1n) is 3.88. The average Bonchev–Trinajstić information content (AvgIpc) is 2.03. The Morgan fingerprint density at radius 1 is 1.73 bits per heavy atom. The molecule has 0 bridgehead atoms. The molecule has 64 valence electrons. The molecule has 1 fully saturated rings. The highest BCUT2D eigenvalue weighted by molar-refractivity contribution is 5.73. The minimum atomic E-state index is -0.239. The van der Waals surface area contributed by atoms with Crippen LogP contribution in [0.3, 0.4) is 0 Å². The molecule has 1 aliphatic rings. The van der Waals surface area contributed by atoms with E-state index in [9.17, 15) is 4.79 Å². The number of carbonyl (C=O) groups is 1. The zero-order valence-electron chi connectivity index (χ0n) is 6.51. The van der Waals surface area contributed by atoms with Crippen LogP contribution in [0.15, 0.2) is 0 Å². The van der Waals surface area contributed by atoms with Gasteiger partial charge in [-0.05, 0) is 6.42 Å². The Morgan fingerprint density at radius 3 is 3.09 bits per heavy atom. The van der Waals surface area contributed by atoms with Crippen molar-refractivity contribution >= 4 is 5.91 Å². The number of rotatable bonds is 3. The molecule has 1 atom stereocenters. The molecule has 1 saturated heterocycles. The minimum absolute atomic E-state index is 0.239. The SMILES string of the molecule is NC(=O)CCC1COCCN1. The van der Waals surface area contributed by atoms with Crippen LogP contribution in [-0.2, 0) is 9.53 Å². The molecule has 0 aromatic heterocycles. The lowest BCUT2D eigenvalue weighted by Gasteiger charge is -2.22. The molecular formula is C7H14N2O2. The predicted octanol–water partition coefficient (Wildman–Crippen LogP) is -0.760. The number of morpholine rings is 1. The second kappa shape index (κ2) is 4.31. The monoisotopic (exact) mass is 158 g/mol. The summed E-state index contributed by atoms with van der Waals surface area (Å²) in [7, 11) is 0. The molecule has 0 spiro atoms. The van der Waals surface area contributed by atoms with Crippen LogP contribution in [0.1, 0.15) is 12.8 Å². The molecule has 4 heteroatoms. The van der Waals surface area contributed by atoms with Gasteiger partial charge in [0.05, 0.1) is 13.2 Å². The fraction of sp³-hybridized carbons (Fsp3) is 0.857. The second-order valence-corrected chi connectivity index (χ2v) is 2.73. The summed E-state index contributed by atoms with van der Waals surface area (Å²) in [6, 6.07) is 0.316. The van der Waals surface area contributed by atoms with Crippen molar-refractivity contribution in [1.29, 1.82) is 0 Å². The Balaban J connectivity index is 2.09. The summed E-state index contributed by atoms with van der Waals surface area (Å²) < 4.78 is 5.20. The Hall–Kier alpha value is -0.610. The van der Waals surface area contributed by atoms with Crippen molar-refractivity contribution in [2.75, 3.05) is 19.8 Å². The van der Waals surface area contributed by atoms with Gasteiger partial charge in [0, 0.05) is 19.0 Å². The quantitative estimate of drug-likeness (QED) is 0.567. The summed E-state index contributed by atoms with van der Waals surface area (Å²) in [5.74, 6) is -0.239. The number of nitrogens with two attached hydrogens (primary N) is 1. The van der Waals surface area contributed by atoms with E-state index in [1.807, 2.05) is 0 Å². The summed E-state index contributed by atoms with van der Waals surface area (Å²) in [6.45, 7) is 2.35. The smallest absolute Gasteiger partial charge is 0.217 e. The van der Waals surface area contributed by atoms with Crippen LogP contribution in [0.5, 0.6) is 0 Å². The van der Waals surface area contributed by atoms with Crippen molar-refractivity contribution in [2.24, 2.45) is 5.73 Å². The lowest BCUT2D eigenvalue weighted by molar-refractivity contribution is -0.118. The van der Waals surface area contributed by atoms with E-state index in [2.05, 4.69) is 5.32 Å². The number of ether oxygens (including phenoxy) is 1. The normalized spacial score (nSPS) is 24.9. The number of primary amides is 1. The summed E-state index contributed by atoms with van der Waals surface area (Å²) in [5.41, 5.74) is 5.00. The van der Waals surface area contributed by atoms with Gasteiger partial charge in [-0.15, -0.1) is 0 Å². The van der Waals surface area contributed by atoms with E-state index < -0.39 is 0 Å². The minimum Gasteiger partial charge on any atom is -0.379 e. The van der Waals surface area contributed by atoms with Crippen molar-refractivity contribution in [3.8, 4) is 0 Å². The van der Waals surface area contributed by atoms with Crippen LogP contribution < -0.4 is 11.1 Å². The van der Waals surface area contributed by atoms with Crippen LogP contribution in [0.4, 0.5) is 0 Å². The Bertz CT molecular complexity index is 132. The summed E-state index contributed by atoms with van der Waals surface area (Å²) >= 11 is 0. The molecule has 4 nitrogen and oxygen atoms in total. The lowest BCUT2D eigenvalue weighted by Crippen LogP contribution is -2.41. The zero-order valence-corrected chi connectivity index (χ0v) is 6.51. The first-order valence-corrected chi connectivity index (χ1v) is 3.88. The van der Waals surface area contributed by atoms with Gasteiger partial charge < -0.3 is 15.8 Å². The third kappa shape index (κ3) is 3.34. The molecule has 1 rings (SSSR count). The molecule has 0 saturated carbocycles. The molecule has 0 aromatic carbocycles. The number of carbonyl (C=O) groups excluding carboxylic acids is 1. The van der Waals surface area contributed by atoms with Gasteiger partial charge in [-0.2, -0.15) is 0 Å². The van der Waals surface area contributed by atoms with E-state index in [1.54, 1.807) is 0 Å². The molecule has 0 aromatic rings. The standard InChI is InChI=1S/C7H14N2O2/c8-7(10)2-1-6-5-11-4-3-9-6/h6,9H,1-5H2,(H2,8,10). The molecule has 1 aliphatic heterocycles. The molecule has 1 amide bonds. The third-order valence-electron chi connectivity index (χ3n) is 1.74. The predicted molar refractivity (Wildman–Crippen MR) is 41.0 cm³/mol. The zero-order chi connectivity index (χ0) is 8.10. The van der Waals surface area contributed by atoms with Crippen LogP contribution in [0, 0.1) is 0 Å². The highest BCUT2D eigenvalue weighted by Gasteiger charge is 2.12. The largest absolute Gasteiger partial charge is 0.379 e. The van der Waals surface area contributed by atoms with Gasteiger partial charge in [-0.1, -0.05) is 0 Å². The number of amides is 1. The van der Waals surface area contributed by atoms with Crippen molar-refractivity contribution in [3.63, 3.8) is 0 Å². The van der Waals surface area contributed by atoms with Crippen LogP contribution in [-0.4, -0.2) is 31.7 Å². The summed E-state index contributed by atoms with van der Waals surface area (Å²) in [5, 5.41) is 3.24. The van der Waals surface area contributed by atoms with Crippen molar-refractivity contribution in [1.82, 2.24) is 5.32 Å². The number of hydrogen-bond acceptors (Lipinski definition) is 3. The maximum atomic E-state index is 10.4. The van der Waals surface area contributed by atoms with Crippen molar-refractivity contribution in [3.05, 3.63) is 0 Å². The third-order valence-corrected chi connectivity index (χ3v) is 1.74. The maximum Gasteiger partial charge on any atom is 0.217 e. The molecule has 1 unspecified atom stereocenters. The molecule has 0 aliphatic carbocycles. The molecular weight excluding hydrogens is 144 g/mol. The number of hydrogen-bond donors (Lipinski definition) is 2. The van der Waals surface area contributed by atoms with Gasteiger partial charge >= 0.3 is 0 Å². The van der Waals surface area contributed by atoms with Gasteiger partial charge in [0.15, 0.2) is 0 Å². The van der Waals surface area contributed by atoms with E-state index in [-0.39, 0.29) is 5.91 Å². The number of nitrogens with one attached hydrogen (secondary N) is 1. The van der Waals surface area contributed by atoms with Gasteiger partial charge in [0.25, 0.3) is 0 Å². The van der Waals surface area contributed by atoms with E-state index in [0.717, 1.165) is 19.6 Å². The van der Waals surface area contributed by atoms with Crippen molar-refractivity contribution in [2.45, 2.75) is 18.9 Å². The first-order chi connectivity index (χ1) is 5.29. The van der Waals surface area contributed by atoms with E-state index in [1.165, 1.54) is 0 Å². The topological polar surface area (TPSA) is 64.4 Å². The average molecular weight is 158 g/mol. The fourth-order valence-corrected chi connectivity index (χ4v) is 1.12. The molecule has 3 N–H and O–H groups in total. The highest BCUT2D eigenvalue weighted by Crippen LogP contribution is 2.00. The Morgan fingerprint density at radius 2 is 2.55 bits per heavy atom. The van der Waals surface area contributed by atoms with Crippen LogP contribution in [0.2, 0.25) is 0 Å². The van der Waals surface area contributed by atoms with E-state index in [0.29, 0.717) is 19.1 Å². The highest BCUT2D eigenvalue weighted by atomic mass is 16.5. The first kappa shape index (κ1) is 8.49. The molecule has 11 heavy (non-hydrogen) atoms. The fourth-order valence-electron chi connectivity index (χ4n) is 1.12. The van der Waals surface area contributed by atoms with Gasteiger partial charge in [0.1, 0.15) is 0 Å². The van der Waals surface area contributed by atoms with Gasteiger partial charge in [-0.3, -0.25) is 4.79 Å². The maximum absolute atomic E-state index is 10.4. The summed E-state index contributed by atoms with van der Waals surface area (Å²) in [4.78, 5) is 10.4. The van der Waals surface area contributed by atoms with Crippen LogP contribution >= 0.6 is 0 Å². The van der Waals surface area contributed by atoms with Crippen molar-refractivity contribution < 1.29 is 9.53 Å². The molecule has 0 radical (unpaired) electrons.